The molecule has 1 aliphatic carbocycles. The summed E-state index contributed by atoms with van der Waals surface area (Å²) < 4.78 is 0. The first-order chi connectivity index (χ1) is 11.6. The Morgan fingerprint density at radius 2 is 1.92 bits per heavy atom. The van der Waals surface area contributed by atoms with Crippen molar-refractivity contribution < 1.29 is 0 Å². The van der Waals surface area contributed by atoms with Crippen LogP contribution in [0.2, 0.25) is 5.02 Å². The summed E-state index contributed by atoms with van der Waals surface area (Å²) in [7, 11) is 0. The van der Waals surface area contributed by atoms with E-state index >= 15 is 0 Å². The standard InChI is InChI=1S/C20H23ClN2S/c1-14-18(21)9-6-10-19(14)22-20(24)23(15(2)17-11-12-17)13-16-7-4-3-5-8-16/h3-10,15,17H,11-13H2,1-2H3,(H,22,24)/t15-/m0/s1. The van der Waals surface area contributed by atoms with E-state index in [9.17, 15) is 0 Å². The van der Waals surface area contributed by atoms with Crippen molar-refractivity contribution in [3.8, 4) is 0 Å². The lowest BCUT2D eigenvalue weighted by molar-refractivity contribution is 0.298. The molecule has 1 aliphatic rings. The predicted molar refractivity (Wildman–Crippen MR) is 107 cm³/mol. The van der Waals surface area contributed by atoms with Gasteiger partial charge in [0.25, 0.3) is 0 Å². The second-order valence-electron chi connectivity index (χ2n) is 6.53. The third-order valence-corrected chi connectivity index (χ3v) is 5.51. The van der Waals surface area contributed by atoms with Gasteiger partial charge in [0, 0.05) is 23.3 Å². The highest BCUT2D eigenvalue weighted by Gasteiger charge is 2.33. The van der Waals surface area contributed by atoms with E-state index in [1.54, 1.807) is 0 Å². The molecule has 126 valence electrons. The maximum absolute atomic E-state index is 6.23. The molecule has 0 aliphatic heterocycles. The smallest absolute Gasteiger partial charge is 0.173 e. The van der Waals surface area contributed by atoms with Gasteiger partial charge in [0.2, 0.25) is 0 Å². The summed E-state index contributed by atoms with van der Waals surface area (Å²) in [6, 6.07) is 16.8. The van der Waals surface area contributed by atoms with Crippen LogP contribution in [0.4, 0.5) is 5.69 Å². The molecule has 1 atom stereocenters. The highest BCUT2D eigenvalue weighted by molar-refractivity contribution is 7.80. The Bertz CT molecular complexity index is 713. The van der Waals surface area contributed by atoms with Crippen LogP contribution in [0.25, 0.3) is 0 Å². The van der Waals surface area contributed by atoms with Gasteiger partial charge in [-0.25, -0.2) is 0 Å². The molecule has 0 spiro atoms. The molecule has 0 saturated heterocycles. The molecule has 1 N–H and O–H groups in total. The molecular formula is C20H23ClN2S. The number of anilines is 1. The zero-order valence-corrected chi connectivity index (χ0v) is 15.7. The van der Waals surface area contributed by atoms with Crippen LogP contribution in [-0.4, -0.2) is 16.1 Å². The second kappa shape index (κ2) is 7.54. The van der Waals surface area contributed by atoms with Crippen LogP contribution in [0.1, 0.15) is 30.9 Å². The fraction of sp³-hybridized carbons (Fsp3) is 0.350. The van der Waals surface area contributed by atoms with Gasteiger partial charge in [-0.15, -0.1) is 0 Å². The predicted octanol–water partition coefficient (Wildman–Crippen LogP) is 5.65. The van der Waals surface area contributed by atoms with Crippen molar-refractivity contribution in [3.63, 3.8) is 0 Å². The van der Waals surface area contributed by atoms with Crippen molar-refractivity contribution >= 4 is 34.6 Å². The van der Waals surface area contributed by atoms with E-state index in [0.29, 0.717) is 6.04 Å². The molecule has 0 bridgehead atoms. The number of thiocarbonyl (C=S) groups is 1. The number of hydrogen-bond acceptors (Lipinski definition) is 1. The van der Waals surface area contributed by atoms with E-state index < -0.39 is 0 Å². The third-order valence-electron chi connectivity index (χ3n) is 4.76. The van der Waals surface area contributed by atoms with Crippen LogP contribution >= 0.6 is 23.8 Å². The molecule has 0 aromatic heterocycles. The van der Waals surface area contributed by atoms with Crippen molar-refractivity contribution in [2.45, 2.75) is 39.3 Å². The molecule has 1 saturated carbocycles. The molecule has 0 amide bonds. The van der Waals surface area contributed by atoms with Gasteiger partial charge in [0.1, 0.15) is 0 Å². The zero-order chi connectivity index (χ0) is 17.1. The van der Waals surface area contributed by atoms with Crippen LogP contribution in [0.5, 0.6) is 0 Å². The number of benzene rings is 2. The van der Waals surface area contributed by atoms with Crippen molar-refractivity contribution in [1.29, 1.82) is 0 Å². The Kier molecular flexibility index (Phi) is 5.42. The van der Waals surface area contributed by atoms with Gasteiger partial charge in [0.05, 0.1) is 0 Å². The van der Waals surface area contributed by atoms with Gasteiger partial charge in [-0.2, -0.15) is 0 Å². The van der Waals surface area contributed by atoms with Crippen molar-refractivity contribution in [3.05, 3.63) is 64.7 Å². The minimum atomic E-state index is 0.435. The molecule has 0 radical (unpaired) electrons. The molecule has 2 aromatic rings. The Hall–Kier alpha value is -1.58. The van der Waals surface area contributed by atoms with E-state index in [1.165, 1.54) is 18.4 Å². The lowest BCUT2D eigenvalue weighted by Crippen LogP contribution is -2.42. The van der Waals surface area contributed by atoms with Gasteiger partial charge >= 0.3 is 0 Å². The summed E-state index contributed by atoms with van der Waals surface area (Å²) in [5.41, 5.74) is 3.28. The van der Waals surface area contributed by atoms with E-state index in [4.69, 9.17) is 23.8 Å². The minimum absolute atomic E-state index is 0.435. The summed E-state index contributed by atoms with van der Waals surface area (Å²) in [6.07, 6.45) is 2.59. The molecule has 24 heavy (non-hydrogen) atoms. The molecule has 2 nitrogen and oxygen atoms in total. The van der Waals surface area contributed by atoms with Crippen LogP contribution in [0, 0.1) is 12.8 Å². The Morgan fingerprint density at radius 1 is 1.21 bits per heavy atom. The zero-order valence-electron chi connectivity index (χ0n) is 14.1. The van der Waals surface area contributed by atoms with Crippen molar-refractivity contribution in [2.24, 2.45) is 5.92 Å². The Morgan fingerprint density at radius 3 is 2.58 bits per heavy atom. The Labute approximate surface area is 154 Å². The fourth-order valence-corrected chi connectivity index (χ4v) is 3.46. The first kappa shape index (κ1) is 17.2. The topological polar surface area (TPSA) is 15.3 Å². The van der Waals surface area contributed by atoms with Gasteiger partial charge in [-0.05, 0) is 68.1 Å². The largest absolute Gasteiger partial charge is 0.342 e. The number of nitrogens with zero attached hydrogens (tertiary/aromatic N) is 1. The van der Waals surface area contributed by atoms with E-state index in [1.807, 2.05) is 31.2 Å². The SMILES string of the molecule is Cc1c(Cl)cccc1NC(=S)N(Cc1ccccc1)[C@@H](C)C1CC1. The molecular weight excluding hydrogens is 336 g/mol. The number of nitrogens with one attached hydrogen (secondary N) is 1. The minimum Gasteiger partial charge on any atom is -0.342 e. The van der Waals surface area contributed by atoms with Crippen LogP contribution in [0.15, 0.2) is 48.5 Å². The number of halogens is 1. The van der Waals surface area contributed by atoms with Crippen LogP contribution in [-0.2, 0) is 6.54 Å². The van der Waals surface area contributed by atoms with E-state index in [0.717, 1.165) is 33.8 Å². The molecule has 1 fully saturated rings. The summed E-state index contributed by atoms with van der Waals surface area (Å²) in [5.74, 6) is 0.744. The van der Waals surface area contributed by atoms with Gasteiger partial charge < -0.3 is 10.2 Å². The third kappa shape index (κ3) is 4.08. The highest BCUT2D eigenvalue weighted by atomic mass is 35.5. The summed E-state index contributed by atoms with van der Waals surface area (Å²) >= 11 is 12.0. The summed E-state index contributed by atoms with van der Waals surface area (Å²) in [4.78, 5) is 2.31. The highest BCUT2D eigenvalue weighted by Crippen LogP contribution is 2.36. The average molecular weight is 359 g/mol. The summed E-state index contributed by atoms with van der Waals surface area (Å²) in [5, 5.41) is 4.93. The first-order valence-corrected chi connectivity index (χ1v) is 9.21. The summed E-state index contributed by atoms with van der Waals surface area (Å²) in [6.45, 7) is 5.11. The molecule has 4 heteroatoms. The molecule has 2 aromatic carbocycles. The number of hydrogen-bond donors (Lipinski definition) is 1. The maximum Gasteiger partial charge on any atom is 0.173 e. The average Bonchev–Trinajstić information content (AvgIpc) is 3.42. The Balaban J connectivity index is 1.79. The lowest BCUT2D eigenvalue weighted by Gasteiger charge is -2.32. The molecule has 0 unspecified atom stereocenters. The molecule has 0 heterocycles. The van der Waals surface area contributed by atoms with Crippen LogP contribution < -0.4 is 5.32 Å². The quantitative estimate of drug-likeness (QED) is 0.695. The van der Waals surface area contributed by atoms with E-state index in [-0.39, 0.29) is 0 Å². The maximum atomic E-state index is 6.23. The monoisotopic (exact) mass is 358 g/mol. The first-order valence-electron chi connectivity index (χ1n) is 8.43. The van der Waals surface area contributed by atoms with Crippen molar-refractivity contribution in [2.75, 3.05) is 5.32 Å². The molecule has 3 rings (SSSR count). The second-order valence-corrected chi connectivity index (χ2v) is 7.33. The lowest BCUT2D eigenvalue weighted by atomic mass is 10.1. The van der Waals surface area contributed by atoms with Crippen molar-refractivity contribution in [1.82, 2.24) is 4.90 Å². The number of rotatable bonds is 5. The van der Waals surface area contributed by atoms with Gasteiger partial charge in [-0.3, -0.25) is 0 Å². The normalized spacial score (nSPS) is 15.0. The van der Waals surface area contributed by atoms with Gasteiger partial charge in [-0.1, -0.05) is 48.0 Å². The fourth-order valence-electron chi connectivity index (χ4n) is 2.94. The van der Waals surface area contributed by atoms with Crippen LogP contribution in [0.3, 0.4) is 0 Å². The van der Waals surface area contributed by atoms with E-state index in [2.05, 4.69) is 41.4 Å². The van der Waals surface area contributed by atoms with Gasteiger partial charge in [0.15, 0.2) is 5.11 Å².